The van der Waals surface area contributed by atoms with E-state index < -0.39 is 6.09 Å². The lowest BCUT2D eigenvalue weighted by molar-refractivity contribution is 0.102. The zero-order chi connectivity index (χ0) is 17.9. The molecule has 0 unspecified atom stereocenters. The van der Waals surface area contributed by atoms with Crippen LogP contribution in [0.3, 0.4) is 0 Å². The van der Waals surface area contributed by atoms with Crippen molar-refractivity contribution >= 4 is 34.2 Å². The van der Waals surface area contributed by atoms with Crippen LogP contribution in [0.4, 0.5) is 15.6 Å². The summed E-state index contributed by atoms with van der Waals surface area (Å²) in [5.41, 5.74) is 2.21. The zero-order valence-electron chi connectivity index (χ0n) is 14.2. The number of rotatable bonds is 5. The molecule has 2 amide bonds. The normalized spacial score (nSPS) is 10.7. The number of hydrogen-bond acceptors (Lipinski definition) is 4. The molecule has 0 spiro atoms. The fraction of sp³-hybridized carbons (Fsp3) is 0.353. The van der Waals surface area contributed by atoms with E-state index in [1.54, 1.807) is 6.92 Å². The van der Waals surface area contributed by atoms with E-state index in [9.17, 15) is 14.7 Å². The van der Waals surface area contributed by atoms with Crippen molar-refractivity contribution in [1.29, 1.82) is 0 Å². The van der Waals surface area contributed by atoms with Crippen molar-refractivity contribution in [3.8, 4) is 0 Å². The Hall–Kier alpha value is -2.41. The summed E-state index contributed by atoms with van der Waals surface area (Å²) >= 11 is 1.09. The monoisotopic (exact) mass is 347 g/mol. The van der Waals surface area contributed by atoms with E-state index in [1.165, 1.54) is 4.90 Å². The summed E-state index contributed by atoms with van der Waals surface area (Å²) in [6, 6.07) is 7.49. The van der Waals surface area contributed by atoms with Gasteiger partial charge >= 0.3 is 6.09 Å². The second kappa shape index (κ2) is 7.44. The van der Waals surface area contributed by atoms with Gasteiger partial charge in [0.1, 0.15) is 4.88 Å². The Bertz CT molecular complexity index is 755. The molecule has 0 aliphatic heterocycles. The second-order valence-corrected chi connectivity index (χ2v) is 6.94. The van der Waals surface area contributed by atoms with Crippen LogP contribution in [0.25, 0.3) is 0 Å². The van der Waals surface area contributed by atoms with Crippen molar-refractivity contribution in [2.45, 2.75) is 27.7 Å². The third-order valence-corrected chi connectivity index (χ3v) is 4.57. The summed E-state index contributed by atoms with van der Waals surface area (Å²) in [5, 5.41) is 12.6. The number of benzene rings is 1. The van der Waals surface area contributed by atoms with Gasteiger partial charge in [0.25, 0.3) is 5.91 Å². The van der Waals surface area contributed by atoms with Crippen molar-refractivity contribution < 1.29 is 14.7 Å². The standard InChI is InChI=1S/C17H21N3O3S/c1-10(2)9-20(17(22)23)16-18-12(4)14(24-16)15(21)19-13-8-6-5-7-11(13)3/h5-8,10H,9H2,1-4H3,(H,19,21)(H,22,23). The molecule has 0 radical (unpaired) electrons. The number of aryl methyl sites for hydroxylation is 2. The topological polar surface area (TPSA) is 82.5 Å². The van der Waals surface area contributed by atoms with E-state index in [2.05, 4.69) is 10.3 Å². The highest BCUT2D eigenvalue weighted by molar-refractivity contribution is 7.17. The molecule has 0 aliphatic carbocycles. The molecule has 1 aromatic heterocycles. The molecule has 128 valence electrons. The number of para-hydroxylation sites is 1. The van der Waals surface area contributed by atoms with E-state index >= 15 is 0 Å². The van der Waals surface area contributed by atoms with Gasteiger partial charge in [-0.05, 0) is 31.4 Å². The number of carbonyl (C=O) groups is 2. The van der Waals surface area contributed by atoms with E-state index in [1.807, 2.05) is 45.0 Å². The highest BCUT2D eigenvalue weighted by atomic mass is 32.1. The number of anilines is 2. The second-order valence-electron chi connectivity index (χ2n) is 5.97. The van der Waals surface area contributed by atoms with Crippen LogP contribution in [0.15, 0.2) is 24.3 Å². The molecule has 7 heteroatoms. The molecule has 24 heavy (non-hydrogen) atoms. The third kappa shape index (κ3) is 4.11. The largest absolute Gasteiger partial charge is 0.465 e. The number of carboxylic acid groups (broad SMARTS) is 1. The molecule has 0 saturated carbocycles. The summed E-state index contributed by atoms with van der Waals surface area (Å²) in [5.74, 6) is -0.116. The number of amides is 2. The lowest BCUT2D eigenvalue weighted by atomic mass is 10.2. The first-order valence-corrected chi connectivity index (χ1v) is 8.46. The number of nitrogens with one attached hydrogen (secondary N) is 1. The summed E-state index contributed by atoms with van der Waals surface area (Å²) in [6.45, 7) is 7.82. The van der Waals surface area contributed by atoms with Crippen molar-refractivity contribution in [1.82, 2.24) is 4.98 Å². The minimum Gasteiger partial charge on any atom is -0.465 e. The van der Waals surface area contributed by atoms with Gasteiger partial charge < -0.3 is 10.4 Å². The van der Waals surface area contributed by atoms with E-state index in [0.717, 1.165) is 22.6 Å². The molecule has 2 N–H and O–H groups in total. The average molecular weight is 347 g/mol. The van der Waals surface area contributed by atoms with Gasteiger partial charge in [-0.3, -0.25) is 9.69 Å². The molecular formula is C17H21N3O3S. The Balaban J connectivity index is 2.26. The van der Waals surface area contributed by atoms with Crippen molar-refractivity contribution in [3.63, 3.8) is 0 Å². The maximum absolute atomic E-state index is 12.5. The Kier molecular flexibility index (Phi) is 5.56. The maximum Gasteiger partial charge on any atom is 0.413 e. The van der Waals surface area contributed by atoms with Gasteiger partial charge in [0, 0.05) is 12.2 Å². The highest BCUT2D eigenvalue weighted by Gasteiger charge is 2.23. The summed E-state index contributed by atoms with van der Waals surface area (Å²) in [6.07, 6.45) is -1.07. The molecule has 6 nitrogen and oxygen atoms in total. The number of thiazole rings is 1. The third-order valence-electron chi connectivity index (χ3n) is 3.39. The molecule has 0 fully saturated rings. The maximum atomic E-state index is 12.5. The minimum absolute atomic E-state index is 0.162. The van der Waals surface area contributed by atoms with Crippen LogP contribution in [0.5, 0.6) is 0 Å². The van der Waals surface area contributed by atoms with Gasteiger partial charge in [-0.15, -0.1) is 0 Å². The van der Waals surface area contributed by atoms with Crippen molar-refractivity contribution in [3.05, 3.63) is 40.4 Å². The molecule has 2 aromatic rings. The fourth-order valence-electron chi connectivity index (χ4n) is 2.20. The van der Waals surface area contributed by atoms with Crippen molar-refractivity contribution in [2.24, 2.45) is 5.92 Å². The predicted octanol–water partition coefficient (Wildman–Crippen LogP) is 4.15. The zero-order valence-corrected chi connectivity index (χ0v) is 15.0. The number of aromatic nitrogens is 1. The molecular weight excluding hydrogens is 326 g/mol. The fourth-order valence-corrected chi connectivity index (χ4v) is 3.17. The first kappa shape index (κ1) is 17.9. The first-order chi connectivity index (χ1) is 11.3. The number of nitrogens with zero attached hydrogens (tertiary/aromatic N) is 2. The molecule has 0 saturated heterocycles. The Labute approximate surface area is 145 Å². The van der Waals surface area contributed by atoms with E-state index in [0.29, 0.717) is 22.2 Å². The van der Waals surface area contributed by atoms with Crippen LogP contribution < -0.4 is 10.2 Å². The number of carbonyl (C=O) groups excluding carboxylic acids is 1. The van der Waals surface area contributed by atoms with Gasteiger partial charge in [0.15, 0.2) is 5.13 Å². The smallest absolute Gasteiger partial charge is 0.413 e. The molecule has 0 atom stereocenters. The lowest BCUT2D eigenvalue weighted by Gasteiger charge is -2.17. The van der Waals surface area contributed by atoms with Crippen LogP contribution in [0.1, 0.15) is 34.8 Å². The summed E-state index contributed by atoms with van der Waals surface area (Å²) < 4.78 is 0. The molecule has 2 rings (SSSR count). The SMILES string of the molecule is Cc1ccccc1NC(=O)c1sc(N(CC(C)C)C(=O)O)nc1C. The van der Waals surface area contributed by atoms with E-state index in [4.69, 9.17) is 0 Å². The van der Waals surface area contributed by atoms with E-state index in [-0.39, 0.29) is 11.8 Å². The molecule has 0 aliphatic rings. The minimum atomic E-state index is -1.07. The van der Waals surface area contributed by atoms with Gasteiger partial charge in [-0.25, -0.2) is 9.78 Å². The molecule has 1 aromatic carbocycles. The van der Waals surface area contributed by atoms with Crippen LogP contribution in [-0.2, 0) is 0 Å². The van der Waals surface area contributed by atoms with Gasteiger partial charge in [0.2, 0.25) is 0 Å². The Morgan fingerprint density at radius 3 is 2.54 bits per heavy atom. The highest BCUT2D eigenvalue weighted by Crippen LogP contribution is 2.28. The Morgan fingerprint density at radius 2 is 1.96 bits per heavy atom. The van der Waals surface area contributed by atoms with Gasteiger partial charge in [-0.1, -0.05) is 43.4 Å². The summed E-state index contributed by atoms with van der Waals surface area (Å²) in [7, 11) is 0. The Morgan fingerprint density at radius 1 is 1.29 bits per heavy atom. The predicted molar refractivity (Wildman–Crippen MR) is 96.2 cm³/mol. The molecule has 1 heterocycles. The quantitative estimate of drug-likeness (QED) is 0.851. The lowest BCUT2D eigenvalue weighted by Crippen LogP contribution is -2.32. The van der Waals surface area contributed by atoms with Crippen LogP contribution in [-0.4, -0.2) is 28.6 Å². The van der Waals surface area contributed by atoms with Crippen molar-refractivity contribution in [2.75, 3.05) is 16.8 Å². The summed E-state index contributed by atoms with van der Waals surface area (Å²) in [4.78, 5) is 29.8. The first-order valence-electron chi connectivity index (χ1n) is 7.64. The van der Waals surface area contributed by atoms with Gasteiger partial charge in [-0.2, -0.15) is 0 Å². The average Bonchev–Trinajstić information content (AvgIpc) is 2.88. The van der Waals surface area contributed by atoms with Gasteiger partial charge in [0.05, 0.1) is 5.69 Å². The molecule has 0 bridgehead atoms. The van der Waals surface area contributed by atoms with Crippen LogP contribution >= 0.6 is 11.3 Å². The van der Waals surface area contributed by atoms with Crippen LogP contribution in [0, 0.1) is 19.8 Å². The number of hydrogen-bond donors (Lipinski definition) is 2. The van der Waals surface area contributed by atoms with Crippen LogP contribution in [0.2, 0.25) is 0 Å².